The van der Waals surface area contributed by atoms with Crippen LogP contribution >= 0.6 is 0 Å². The van der Waals surface area contributed by atoms with E-state index < -0.39 is 5.54 Å². The highest BCUT2D eigenvalue weighted by molar-refractivity contribution is 5.97. The molecule has 0 radical (unpaired) electrons. The minimum atomic E-state index is -0.723. The molecule has 0 saturated carbocycles. The summed E-state index contributed by atoms with van der Waals surface area (Å²) in [7, 11) is 0. The van der Waals surface area contributed by atoms with Crippen molar-refractivity contribution in [2.45, 2.75) is 65.5 Å². The number of hydrogen-bond acceptors (Lipinski definition) is 2. The van der Waals surface area contributed by atoms with E-state index in [1.807, 2.05) is 20.8 Å². The molecular weight excluding hydrogens is 228 g/mol. The van der Waals surface area contributed by atoms with Gasteiger partial charge in [0.25, 0.3) is 0 Å². The second-order valence-electron chi connectivity index (χ2n) is 5.77. The molecule has 2 amide bonds. The molecule has 0 spiro atoms. The molecule has 0 aromatic carbocycles. The van der Waals surface area contributed by atoms with Crippen molar-refractivity contribution < 1.29 is 9.59 Å². The first-order valence-corrected chi connectivity index (χ1v) is 6.96. The third-order valence-electron chi connectivity index (χ3n) is 4.14. The van der Waals surface area contributed by atoms with Gasteiger partial charge < -0.3 is 10.2 Å². The minimum absolute atomic E-state index is 0.0463. The fraction of sp³-hybridized carbons (Fsp3) is 0.857. The number of piperazine rings is 1. The number of nitrogens with one attached hydrogen (secondary N) is 1. The van der Waals surface area contributed by atoms with E-state index in [9.17, 15) is 9.59 Å². The van der Waals surface area contributed by atoms with Crippen molar-refractivity contribution in [1.82, 2.24) is 10.2 Å². The van der Waals surface area contributed by atoms with Crippen LogP contribution in [0, 0.1) is 5.92 Å². The van der Waals surface area contributed by atoms with Crippen molar-refractivity contribution in [3.63, 3.8) is 0 Å². The maximum atomic E-state index is 12.4. The molecule has 4 heteroatoms. The topological polar surface area (TPSA) is 49.4 Å². The van der Waals surface area contributed by atoms with Gasteiger partial charge in [-0.2, -0.15) is 0 Å². The van der Waals surface area contributed by atoms with E-state index in [2.05, 4.69) is 19.2 Å². The summed E-state index contributed by atoms with van der Waals surface area (Å²) in [6, 6.07) is 0.129. The molecule has 3 atom stereocenters. The summed E-state index contributed by atoms with van der Waals surface area (Å²) in [6.07, 6.45) is 2.68. The molecule has 3 unspecified atom stereocenters. The third kappa shape index (κ3) is 3.03. The van der Waals surface area contributed by atoms with Crippen LogP contribution in [0.3, 0.4) is 0 Å². The van der Waals surface area contributed by atoms with Gasteiger partial charge >= 0.3 is 0 Å². The Morgan fingerprint density at radius 2 is 1.94 bits per heavy atom. The Kier molecular flexibility index (Phi) is 4.77. The first-order chi connectivity index (χ1) is 8.34. The average molecular weight is 254 g/mol. The number of carbonyl (C=O) groups excluding carboxylic acids is 2. The first kappa shape index (κ1) is 15.0. The number of nitrogens with zero attached hydrogens (tertiary/aromatic N) is 1. The molecule has 0 aromatic heterocycles. The summed E-state index contributed by atoms with van der Waals surface area (Å²) in [6.45, 7) is 10.3. The Hall–Kier alpha value is -1.06. The van der Waals surface area contributed by atoms with Gasteiger partial charge in [0.2, 0.25) is 11.8 Å². The predicted molar refractivity (Wildman–Crippen MR) is 72.1 cm³/mol. The van der Waals surface area contributed by atoms with Crippen LogP contribution in [0.25, 0.3) is 0 Å². The highest BCUT2D eigenvalue weighted by Crippen LogP contribution is 2.22. The molecule has 1 rings (SSSR count). The Bertz CT molecular complexity index is 330. The van der Waals surface area contributed by atoms with E-state index >= 15 is 0 Å². The van der Waals surface area contributed by atoms with Gasteiger partial charge in [-0.05, 0) is 32.6 Å². The van der Waals surface area contributed by atoms with Crippen LogP contribution < -0.4 is 5.32 Å². The zero-order valence-electron chi connectivity index (χ0n) is 12.2. The molecule has 1 fully saturated rings. The molecule has 1 aliphatic rings. The molecule has 1 aliphatic heterocycles. The molecule has 1 saturated heterocycles. The Balaban J connectivity index is 2.81. The van der Waals surface area contributed by atoms with Gasteiger partial charge in [-0.25, -0.2) is 0 Å². The van der Waals surface area contributed by atoms with Gasteiger partial charge in [-0.15, -0.1) is 0 Å². The normalized spacial score (nSPS) is 27.9. The Morgan fingerprint density at radius 1 is 1.33 bits per heavy atom. The van der Waals surface area contributed by atoms with Crippen molar-refractivity contribution in [3.8, 4) is 0 Å². The molecule has 104 valence electrons. The van der Waals surface area contributed by atoms with E-state index in [-0.39, 0.29) is 24.4 Å². The molecule has 1 heterocycles. The summed E-state index contributed by atoms with van der Waals surface area (Å²) < 4.78 is 0. The van der Waals surface area contributed by atoms with E-state index in [1.165, 1.54) is 0 Å². The zero-order chi connectivity index (χ0) is 13.9. The fourth-order valence-electron chi connectivity index (χ4n) is 2.42. The largest absolute Gasteiger partial charge is 0.340 e. The van der Waals surface area contributed by atoms with Gasteiger partial charge in [0.1, 0.15) is 5.54 Å². The summed E-state index contributed by atoms with van der Waals surface area (Å²) in [5.74, 6) is 0.584. The lowest BCUT2D eigenvalue weighted by Crippen LogP contribution is -2.66. The van der Waals surface area contributed by atoms with E-state index in [0.717, 1.165) is 12.8 Å². The smallest absolute Gasteiger partial charge is 0.248 e. The van der Waals surface area contributed by atoms with E-state index in [1.54, 1.807) is 4.90 Å². The number of amides is 2. The Morgan fingerprint density at radius 3 is 2.44 bits per heavy atom. The highest BCUT2D eigenvalue weighted by atomic mass is 16.2. The fourth-order valence-corrected chi connectivity index (χ4v) is 2.42. The molecule has 4 nitrogen and oxygen atoms in total. The summed E-state index contributed by atoms with van der Waals surface area (Å²) in [5, 5.41) is 2.81. The van der Waals surface area contributed by atoms with Crippen LogP contribution in [-0.4, -0.2) is 34.8 Å². The lowest BCUT2D eigenvalue weighted by atomic mass is 9.91. The maximum Gasteiger partial charge on any atom is 0.248 e. The van der Waals surface area contributed by atoms with Crippen molar-refractivity contribution >= 4 is 11.8 Å². The van der Waals surface area contributed by atoms with Crippen LogP contribution in [0.15, 0.2) is 0 Å². The lowest BCUT2D eigenvalue weighted by molar-refractivity contribution is -0.151. The van der Waals surface area contributed by atoms with Crippen LogP contribution in [0.4, 0.5) is 0 Å². The monoisotopic (exact) mass is 254 g/mol. The second kappa shape index (κ2) is 5.72. The van der Waals surface area contributed by atoms with E-state index in [4.69, 9.17) is 0 Å². The van der Waals surface area contributed by atoms with Crippen molar-refractivity contribution in [1.29, 1.82) is 0 Å². The quantitative estimate of drug-likeness (QED) is 0.815. The molecule has 18 heavy (non-hydrogen) atoms. The number of carbonyl (C=O) groups is 2. The standard InChI is InChI=1S/C14H26N2O2/c1-6-10(3)8-11(4)16-9-12(17)15-14(5,7-2)13(16)18/h10-11H,6-9H2,1-5H3,(H,15,17). The predicted octanol–water partition coefficient (Wildman–Crippen LogP) is 1.94. The zero-order valence-corrected chi connectivity index (χ0v) is 12.2. The van der Waals surface area contributed by atoms with Gasteiger partial charge in [0, 0.05) is 6.04 Å². The lowest BCUT2D eigenvalue weighted by Gasteiger charge is -2.42. The second-order valence-corrected chi connectivity index (χ2v) is 5.77. The molecule has 1 N–H and O–H groups in total. The summed E-state index contributed by atoms with van der Waals surface area (Å²) in [4.78, 5) is 25.9. The summed E-state index contributed by atoms with van der Waals surface area (Å²) in [5.41, 5.74) is -0.723. The van der Waals surface area contributed by atoms with Gasteiger partial charge in [0.05, 0.1) is 6.54 Å². The van der Waals surface area contributed by atoms with Gasteiger partial charge in [-0.3, -0.25) is 9.59 Å². The first-order valence-electron chi connectivity index (χ1n) is 6.96. The van der Waals surface area contributed by atoms with Crippen LogP contribution in [0.1, 0.15) is 53.9 Å². The molecule has 0 bridgehead atoms. The van der Waals surface area contributed by atoms with Crippen molar-refractivity contribution in [2.24, 2.45) is 5.92 Å². The van der Waals surface area contributed by atoms with Gasteiger partial charge in [0.15, 0.2) is 0 Å². The molecular formula is C14H26N2O2. The summed E-state index contributed by atoms with van der Waals surface area (Å²) >= 11 is 0. The number of hydrogen-bond donors (Lipinski definition) is 1. The van der Waals surface area contributed by atoms with Crippen LogP contribution in [0.2, 0.25) is 0 Å². The minimum Gasteiger partial charge on any atom is -0.340 e. The van der Waals surface area contributed by atoms with Crippen LogP contribution in [0.5, 0.6) is 0 Å². The van der Waals surface area contributed by atoms with Crippen molar-refractivity contribution in [2.75, 3.05) is 6.54 Å². The molecule has 0 aliphatic carbocycles. The van der Waals surface area contributed by atoms with Crippen LogP contribution in [-0.2, 0) is 9.59 Å². The average Bonchev–Trinajstić information content (AvgIpc) is 2.33. The highest BCUT2D eigenvalue weighted by Gasteiger charge is 2.42. The number of rotatable bonds is 5. The SMILES string of the molecule is CCC(C)CC(C)N1CC(=O)NC(C)(CC)C1=O. The van der Waals surface area contributed by atoms with Gasteiger partial charge in [-0.1, -0.05) is 27.2 Å². The van der Waals surface area contributed by atoms with E-state index in [0.29, 0.717) is 12.3 Å². The maximum absolute atomic E-state index is 12.4. The third-order valence-corrected chi connectivity index (χ3v) is 4.14. The Labute approximate surface area is 110 Å². The molecule has 0 aromatic rings. The van der Waals surface area contributed by atoms with Crippen molar-refractivity contribution in [3.05, 3.63) is 0 Å².